The van der Waals surface area contributed by atoms with Crippen molar-refractivity contribution in [3.63, 3.8) is 0 Å². The van der Waals surface area contributed by atoms with E-state index in [-0.39, 0.29) is 18.1 Å². The fraction of sp³-hybridized carbons (Fsp3) is 0.292. The summed E-state index contributed by atoms with van der Waals surface area (Å²) >= 11 is 0. The van der Waals surface area contributed by atoms with Gasteiger partial charge in [0.05, 0.1) is 17.3 Å². The average molecular weight is 387 g/mol. The number of fused-ring (bicyclic) bond motifs is 1. The molecule has 2 aromatic carbocycles. The third-order valence-corrected chi connectivity index (χ3v) is 5.79. The summed E-state index contributed by atoms with van der Waals surface area (Å²) in [6.45, 7) is 9.98. The molecule has 0 aliphatic carbocycles. The van der Waals surface area contributed by atoms with Gasteiger partial charge >= 0.3 is 0 Å². The molecular weight excluding hydrogens is 362 g/mol. The first-order chi connectivity index (χ1) is 13.8. The van der Waals surface area contributed by atoms with Crippen LogP contribution in [0.1, 0.15) is 56.2 Å². The molecule has 5 heteroatoms. The van der Waals surface area contributed by atoms with Gasteiger partial charge in [-0.15, -0.1) is 0 Å². The Kier molecular flexibility index (Phi) is 4.61. The fourth-order valence-corrected chi connectivity index (χ4v) is 4.08. The van der Waals surface area contributed by atoms with Gasteiger partial charge in [-0.3, -0.25) is 9.59 Å². The molecule has 4 rings (SSSR count). The van der Waals surface area contributed by atoms with Gasteiger partial charge in [0.25, 0.3) is 0 Å². The number of aryl methyl sites for hydroxylation is 5. The van der Waals surface area contributed by atoms with E-state index in [4.69, 9.17) is 5.10 Å². The third kappa shape index (κ3) is 3.27. The van der Waals surface area contributed by atoms with Gasteiger partial charge in [0.2, 0.25) is 5.91 Å². The van der Waals surface area contributed by atoms with Gasteiger partial charge in [-0.05, 0) is 63.4 Å². The number of Topliss-reactive ketones (excluding diaryl/α,β-unsaturated/α-hetero) is 1. The zero-order valence-corrected chi connectivity index (χ0v) is 17.5. The number of anilines is 1. The van der Waals surface area contributed by atoms with Gasteiger partial charge < -0.3 is 5.32 Å². The summed E-state index contributed by atoms with van der Waals surface area (Å²) in [7, 11) is 0. The number of hydrogen-bond donors (Lipinski definition) is 1. The maximum absolute atomic E-state index is 13.4. The zero-order valence-electron chi connectivity index (χ0n) is 17.5. The Morgan fingerprint density at radius 1 is 1.00 bits per heavy atom. The third-order valence-electron chi connectivity index (χ3n) is 5.79. The topological polar surface area (TPSA) is 64.0 Å². The molecule has 0 fully saturated rings. The Bertz CT molecular complexity index is 1160. The lowest BCUT2D eigenvalue weighted by molar-refractivity contribution is -0.116. The number of benzene rings is 2. The van der Waals surface area contributed by atoms with Gasteiger partial charge in [-0.2, -0.15) is 5.10 Å². The van der Waals surface area contributed by atoms with E-state index in [0.717, 1.165) is 39.2 Å². The summed E-state index contributed by atoms with van der Waals surface area (Å²) in [6.07, 6.45) is 0.137. The lowest BCUT2D eigenvalue weighted by Gasteiger charge is -2.23. The standard InChI is InChI=1S/C24H25N3O2/c1-13-6-9-20(16(4)10-13)27-24-22(17(5)26-27)19(12-21(28)25-24)23(29)18-8-7-14(2)15(3)11-18/h6-11,19H,12H2,1-5H3,(H,25,28)/t19-/m0/s1. The van der Waals surface area contributed by atoms with E-state index >= 15 is 0 Å². The van der Waals surface area contributed by atoms with Crippen LogP contribution in [0.25, 0.3) is 5.69 Å². The number of nitrogens with one attached hydrogen (secondary N) is 1. The summed E-state index contributed by atoms with van der Waals surface area (Å²) in [5.41, 5.74) is 7.55. The van der Waals surface area contributed by atoms with E-state index in [9.17, 15) is 9.59 Å². The number of carbonyl (C=O) groups excluding carboxylic acids is 2. The van der Waals surface area contributed by atoms with Crippen molar-refractivity contribution in [3.05, 3.63) is 75.5 Å². The van der Waals surface area contributed by atoms with Gasteiger partial charge in [0.15, 0.2) is 5.78 Å². The molecule has 1 aliphatic rings. The number of rotatable bonds is 3. The largest absolute Gasteiger partial charge is 0.310 e. The smallest absolute Gasteiger partial charge is 0.226 e. The highest BCUT2D eigenvalue weighted by atomic mass is 16.2. The average Bonchev–Trinajstić information content (AvgIpc) is 2.99. The minimum absolute atomic E-state index is 0.0347. The molecule has 0 saturated carbocycles. The maximum atomic E-state index is 13.4. The number of nitrogens with zero attached hydrogens (tertiary/aromatic N) is 2. The summed E-state index contributed by atoms with van der Waals surface area (Å²) in [5, 5.41) is 7.65. The number of hydrogen-bond acceptors (Lipinski definition) is 3. The van der Waals surface area contributed by atoms with Crippen molar-refractivity contribution in [3.8, 4) is 5.69 Å². The van der Waals surface area contributed by atoms with Crippen LogP contribution < -0.4 is 5.32 Å². The van der Waals surface area contributed by atoms with Crippen LogP contribution >= 0.6 is 0 Å². The molecule has 1 atom stereocenters. The van der Waals surface area contributed by atoms with E-state index < -0.39 is 5.92 Å². The second-order valence-electron chi connectivity index (χ2n) is 8.02. The Morgan fingerprint density at radius 2 is 1.76 bits per heavy atom. The van der Waals surface area contributed by atoms with Crippen molar-refractivity contribution in [2.45, 2.75) is 47.0 Å². The number of amides is 1. The highest BCUT2D eigenvalue weighted by molar-refractivity contribution is 6.08. The lowest BCUT2D eigenvalue weighted by atomic mass is 9.85. The predicted molar refractivity (Wildman–Crippen MR) is 114 cm³/mol. The Hall–Kier alpha value is -3.21. The molecule has 29 heavy (non-hydrogen) atoms. The summed E-state index contributed by atoms with van der Waals surface area (Å²) in [5.74, 6) is -0.119. The first-order valence-corrected chi connectivity index (χ1v) is 9.84. The van der Waals surface area contributed by atoms with Crippen LogP contribution in [0.4, 0.5) is 5.82 Å². The number of ketones is 1. The van der Waals surface area contributed by atoms with Crippen molar-refractivity contribution in [2.75, 3.05) is 5.32 Å². The van der Waals surface area contributed by atoms with Crippen LogP contribution in [-0.4, -0.2) is 21.5 Å². The first-order valence-electron chi connectivity index (χ1n) is 9.84. The van der Waals surface area contributed by atoms with E-state index in [2.05, 4.69) is 11.4 Å². The minimum Gasteiger partial charge on any atom is -0.310 e. The Labute approximate surface area is 170 Å². The van der Waals surface area contributed by atoms with E-state index in [1.165, 1.54) is 0 Å². The van der Waals surface area contributed by atoms with Crippen LogP contribution in [0, 0.1) is 34.6 Å². The molecule has 0 radical (unpaired) electrons. The summed E-state index contributed by atoms with van der Waals surface area (Å²) in [6, 6.07) is 11.8. The first kappa shape index (κ1) is 19.1. The summed E-state index contributed by atoms with van der Waals surface area (Å²) < 4.78 is 1.76. The van der Waals surface area contributed by atoms with Crippen molar-refractivity contribution < 1.29 is 9.59 Å². The van der Waals surface area contributed by atoms with Crippen molar-refractivity contribution in [1.29, 1.82) is 0 Å². The van der Waals surface area contributed by atoms with Gasteiger partial charge in [-0.25, -0.2) is 4.68 Å². The molecule has 1 aromatic heterocycles. The van der Waals surface area contributed by atoms with Crippen LogP contribution in [0.15, 0.2) is 36.4 Å². The SMILES string of the molecule is Cc1ccc(-n2nc(C)c3c2NC(=O)C[C@@H]3C(=O)c2ccc(C)c(C)c2)c(C)c1. The van der Waals surface area contributed by atoms with Crippen LogP contribution in [0.2, 0.25) is 0 Å². The molecule has 0 saturated heterocycles. The van der Waals surface area contributed by atoms with Crippen molar-refractivity contribution in [1.82, 2.24) is 9.78 Å². The molecule has 2 heterocycles. The molecule has 3 aromatic rings. The Morgan fingerprint density at radius 3 is 2.45 bits per heavy atom. The molecular formula is C24H25N3O2. The van der Waals surface area contributed by atoms with Gasteiger partial charge in [-0.1, -0.05) is 29.8 Å². The van der Waals surface area contributed by atoms with Gasteiger partial charge in [0, 0.05) is 17.5 Å². The quantitative estimate of drug-likeness (QED) is 0.661. The minimum atomic E-state index is -0.527. The molecule has 1 aliphatic heterocycles. The normalized spacial score (nSPS) is 15.8. The molecule has 148 valence electrons. The molecule has 0 spiro atoms. The second kappa shape index (κ2) is 6.99. The number of carbonyl (C=O) groups is 2. The van der Waals surface area contributed by atoms with Crippen LogP contribution in [0.3, 0.4) is 0 Å². The molecule has 0 unspecified atom stereocenters. The van der Waals surface area contributed by atoms with E-state index in [0.29, 0.717) is 11.4 Å². The highest BCUT2D eigenvalue weighted by Gasteiger charge is 2.36. The molecule has 1 amide bonds. The molecule has 5 nitrogen and oxygen atoms in total. The summed E-state index contributed by atoms with van der Waals surface area (Å²) in [4.78, 5) is 25.9. The second-order valence-corrected chi connectivity index (χ2v) is 8.02. The highest BCUT2D eigenvalue weighted by Crippen LogP contribution is 2.38. The van der Waals surface area contributed by atoms with Crippen LogP contribution in [0.5, 0.6) is 0 Å². The van der Waals surface area contributed by atoms with Crippen LogP contribution in [-0.2, 0) is 4.79 Å². The fourth-order valence-electron chi connectivity index (χ4n) is 4.08. The lowest BCUT2D eigenvalue weighted by Crippen LogP contribution is -2.28. The van der Waals surface area contributed by atoms with E-state index in [1.54, 1.807) is 4.68 Å². The van der Waals surface area contributed by atoms with Crippen molar-refractivity contribution in [2.24, 2.45) is 0 Å². The number of aromatic nitrogens is 2. The maximum Gasteiger partial charge on any atom is 0.226 e. The zero-order chi connectivity index (χ0) is 20.9. The molecule has 1 N–H and O–H groups in total. The molecule has 0 bridgehead atoms. The predicted octanol–water partition coefficient (Wildman–Crippen LogP) is 4.72. The van der Waals surface area contributed by atoms with Gasteiger partial charge in [0.1, 0.15) is 5.82 Å². The monoisotopic (exact) mass is 387 g/mol. The Balaban J connectivity index is 1.83. The van der Waals surface area contributed by atoms with E-state index in [1.807, 2.05) is 65.0 Å². The van der Waals surface area contributed by atoms with Crippen molar-refractivity contribution >= 4 is 17.5 Å².